The minimum absolute atomic E-state index is 0.0198. The summed E-state index contributed by atoms with van der Waals surface area (Å²) >= 11 is 5.93. The van der Waals surface area contributed by atoms with E-state index in [9.17, 15) is 9.90 Å². The van der Waals surface area contributed by atoms with Gasteiger partial charge in [0.1, 0.15) is 0 Å². The first-order valence-corrected chi connectivity index (χ1v) is 9.67. The highest BCUT2D eigenvalue weighted by Crippen LogP contribution is 2.31. The number of H-pyrrole nitrogens is 1. The number of aromatic nitrogens is 1. The Kier molecular flexibility index (Phi) is 7.66. The molecule has 0 aliphatic heterocycles. The van der Waals surface area contributed by atoms with Crippen LogP contribution in [0.1, 0.15) is 29.8 Å². The van der Waals surface area contributed by atoms with Gasteiger partial charge in [-0.1, -0.05) is 37.3 Å². The first kappa shape index (κ1) is 20.5. The molecule has 4 N–H and O–H groups in total. The molecule has 3 aromatic rings. The van der Waals surface area contributed by atoms with E-state index >= 15 is 0 Å². The van der Waals surface area contributed by atoms with Crippen LogP contribution in [0, 0.1) is 6.92 Å². The summed E-state index contributed by atoms with van der Waals surface area (Å²) in [4.78, 5) is 15.6. The average Bonchev–Trinajstić information content (AvgIpc) is 3.08. The van der Waals surface area contributed by atoms with E-state index in [1.165, 1.54) is 0 Å². The standard InChI is InChI=1S/C12H13NOS2.C8H11NO/c1-3-8-6-9(7(2)13-12(8)14)10-4-5-11(15)16-10;9-6-8(10)7-4-2-1-3-5-7/h4-6,15H,3H2,1-2H3,(H,13,14);1-5,8,10H,6,9H2. The van der Waals surface area contributed by atoms with Crippen molar-refractivity contribution in [2.45, 2.75) is 30.6 Å². The summed E-state index contributed by atoms with van der Waals surface area (Å²) in [7, 11) is 0. The van der Waals surface area contributed by atoms with Crippen molar-refractivity contribution in [3.63, 3.8) is 0 Å². The monoisotopic (exact) mass is 388 g/mol. The smallest absolute Gasteiger partial charge is 0.251 e. The Morgan fingerprint density at radius 3 is 2.46 bits per heavy atom. The van der Waals surface area contributed by atoms with E-state index in [-0.39, 0.29) is 12.1 Å². The van der Waals surface area contributed by atoms with Gasteiger partial charge in [-0.3, -0.25) is 4.79 Å². The highest BCUT2D eigenvalue weighted by Gasteiger charge is 2.08. The molecule has 0 radical (unpaired) electrons. The summed E-state index contributed by atoms with van der Waals surface area (Å²) in [6.07, 6.45) is 0.239. The zero-order valence-corrected chi connectivity index (χ0v) is 16.6. The van der Waals surface area contributed by atoms with Crippen LogP contribution in [0.3, 0.4) is 0 Å². The van der Waals surface area contributed by atoms with Crippen molar-refractivity contribution in [1.29, 1.82) is 0 Å². The molecule has 0 saturated heterocycles. The Hall–Kier alpha value is -1.86. The largest absolute Gasteiger partial charge is 0.387 e. The second-order valence-corrected chi connectivity index (χ2v) is 7.68. The van der Waals surface area contributed by atoms with Gasteiger partial charge in [-0.2, -0.15) is 0 Å². The maximum atomic E-state index is 11.6. The number of benzene rings is 1. The fourth-order valence-electron chi connectivity index (χ4n) is 2.47. The first-order chi connectivity index (χ1) is 12.5. The summed E-state index contributed by atoms with van der Waals surface area (Å²) < 4.78 is 0.985. The van der Waals surface area contributed by atoms with E-state index in [1.807, 2.05) is 62.4 Å². The molecule has 26 heavy (non-hydrogen) atoms. The molecule has 0 aliphatic rings. The molecule has 6 heteroatoms. The second kappa shape index (κ2) is 9.73. The third-order valence-electron chi connectivity index (χ3n) is 3.96. The van der Waals surface area contributed by atoms with E-state index in [2.05, 4.69) is 17.6 Å². The third kappa shape index (κ3) is 5.32. The summed E-state index contributed by atoms with van der Waals surface area (Å²) in [6.45, 7) is 4.19. The highest BCUT2D eigenvalue weighted by molar-refractivity contribution is 7.83. The molecule has 1 aromatic carbocycles. The predicted molar refractivity (Wildman–Crippen MR) is 112 cm³/mol. The van der Waals surface area contributed by atoms with Crippen LogP contribution in [0.5, 0.6) is 0 Å². The molecule has 1 atom stereocenters. The average molecular weight is 389 g/mol. The van der Waals surface area contributed by atoms with Crippen LogP contribution in [0.4, 0.5) is 0 Å². The minimum Gasteiger partial charge on any atom is -0.387 e. The van der Waals surface area contributed by atoms with Gasteiger partial charge in [0, 0.05) is 28.2 Å². The number of aliphatic hydroxyl groups is 1. The molecule has 0 aliphatic carbocycles. The van der Waals surface area contributed by atoms with Gasteiger partial charge < -0.3 is 15.8 Å². The van der Waals surface area contributed by atoms with Gasteiger partial charge in [0.15, 0.2) is 0 Å². The van der Waals surface area contributed by atoms with Crippen molar-refractivity contribution in [2.75, 3.05) is 6.54 Å². The van der Waals surface area contributed by atoms with Gasteiger partial charge in [0.25, 0.3) is 5.56 Å². The Morgan fingerprint density at radius 2 is 1.92 bits per heavy atom. The van der Waals surface area contributed by atoms with E-state index in [1.54, 1.807) is 11.3 Å². The summed E-state index contributed by atoms with van der Waals surface area (Å²) in [5, 5.41) is 9.20. The van der Waals surface area contributed by atoms with Crippen LogP contribution < -0.4 is 11.3 Å². The second-order valence-electron chi connectivity index (χ2n) is 5.82. The molecule has 0 saturated carbocycles. The molecule has 0 spiro atoms. The summed E-state index contributed by atoms with van der Waals surface area (Å²) in [5.74, 6) is 0. The van der Waals surface area contributed by atoms with Crippen molar-refractivity contribution in [1.82, 2.24) is 4.98 Å². The molecular weight excluding hydrogens is 364 g/mol. The van der Waals surface area contributed by atoms with Gasteiger partial charge in [0.05, 0.1) is 10.3 Å². The van der Waals surface area contributed by atoms with Gasteiger partial charge in [0.2, 0.25) is 0 Å². The maximum absolute atomic E-state index is 11.6. The maximum Gasteiger partial charge on any atom is 0.251 e. The van der Waals surface area contributed by atoms with Crippen LogP contribution in [0.25, 0.3) is 10.4 Å². The van der Waals surface area contributed by atoms with E-state index < -0.39 is 6.10 Å². The van der Waals surface area contributed by atoms with E-state index in [0.29, 0.717) is 0 Å². The Morgan fingerprint density at radius 1 is 1.23 bits per heavy atom. The number of hydrogen-bond donors (Lipinski definition) is 4. The van der Waals surface area contributed by atoms with E-state index in [4.69, 9.17) is 5.73 Å². The number of nitrogens with two attached hydrogens (primary N) is 1. The molecular formula is C20H24N2O2S2. The lowest BCUT2D eigenvalue weighted by molar-refractivity contribution is 0.187. The number of hydrogen-bond acceptors (Lipinski definition) is 5. The normalized spacial score (nSPS) is 11.6. The predicted octanol–water partition coefficient (Wildman–Crippen LogP) is 3.94. The van der Waals surface area contributed by atoms with Crippen LogP contribution >= 0.6 is 24.0 Å². The van der Waals surface area contributed by atoms with Gasteiger partial charge in [-0.05, 0) is 37.1 Å². The Labute approximate surface area is 163 Å². The fraction of sp³-hybridized carbons (Fsp3) is 0.250. The van der Waals surface area contributed by atoms with Crippen molar-refractivity contribution >= 4 is 24.0 Å². The van der Waals surface area contributed by atoms with Crippen LogP contribution in [-0.4, -0.2) is 16.6 Å². The number of aryl methyl sites for hydroxylation is 2. The quantitative estimate of drug-likeness (QED) is 0.511. The molecule has 2 heterocycles. The summed E-state index contributed by atoms with van der Waals surface area (Å²) in [5.41, 5.74) is 9.00. The molecule has 1 unspecified atom stereocenters. The number of nitrogens with one attached hydrogen (secondary N) is 1. The highest BCUT2D eigenvalue weighted by atomic mass is 32.2. The molecule has 138 valence electrons. The van der Waals surface area contributed by atoms with Crippen LogP contribution in [0.15, 0.2) is 57.5 Å². The fourth-order valence-corrected chi connectivity index (χ4v) is 3.66. The van der Waals surface area contributed by atoms with Crippen molar-refractivity contribution in [2.24, 2.45) is 5.73 Å². The van der Waals surface area contributed by atoms with Crippen LogP contribution in [-0.2, 0) is 6.42 Å². The zero-order chi connectivity index (χ0) is 19.1. The Bertz CT molecular complexity index is 888. The van der Waals surface area contributed by atoms with Gasteiger partial charge >= 0.3 is 0 Å². The van der Waals surface area contributed by atoms with Gasteiger partial charge in [-0.15, -0.1) is 24.0 Å². The lowest BCUT2D eigenvalue weighted by Gasteiger charge is -2.05. The first-order valence-electron chi connectivity index (χ1n) is 8.41. The number of thiophene rings is 1. The molecule has 2 aromatic heterocycles. The molecule has 0 fully saturated rings. The number of rotatable bonds is 4. The molecule has 3 rings (SSSR count). The molecule has 0 bridgehead atoms. The lowest BCUT2D eigenvalue weighted by Crippen LogP contribution is -2.13. The summed E-state index contributed by atoms with van der Waals surface area (Å²) in [6, 6.07) is 15.4. The van der Waals surface area contributed by atoms with Crippen LogP contribution in [0.2, 0.25) is 0 Å². The van der Waals surface area contributed by atoms with Crippen molar-refractivity contribution in [3.05, 3.63) is 75.7 Å². The van der Waals surface area contributed by atoms with Gasteiger partial charge in [-0.25, -0.2) is 0 Å². The Balaban J connectivity index is 0.000000209. The van der Waals surface area contributed by atoms with Crippen molar-refractivity contribution in [3.8, 4) is 10.4 Å². The number of aliphatic hydroxyl groups excluding tert-OH is 1. The minimum atomic E-state index is -0.513. The lowest BCUT2D eigenvalue weighted by atomic mass is 10.1. The number of aromatic amines is 1. The number of pyridine rings is 1. The zero-order valence-electron chi connectivity index (χ0n) is 14.9. The molecule has 0 amide bonds. The number of thiol groups is 1. The van der Waals surface area contributed by atoms with Crippen molar-refractivity contribution < 1.29 is 5.11 Å². The van der Waals surface area contributed by atoms with E-state index in [0.717, 1.165) is 37.9 Å². The topological polar surface area (TPSA) is 79.1 Å². The SMILES string of the molecule is CCc1cc(-c2ccc(S)s2)c(C)[nH]c1=O.NCC(O)c1ccccc1. The third-order valence-corrected chi connectivity index (χ3v) is 5.31. The molecule has 4 nitrogen and oxygen atoms in total.